The number of nitrogens with two attached hydrogens (primary N) is 1. The van der Waals surface area contributed by atoms with E-state index in [0.717, 1.165) is 6.17 Å². The summed E-state index contributed by atoms with van der Waals surface area (Å²) in [6.07, 6.45) is 6.51. The van der Waals surface area contributed by atoms with E-state index in [4.69, 9.17) is 5.73 Å². The molecule has 0 rings (SSSR count). The van der Waals surface area contributed by atoms with E-state index in [9.17, 15) is 0 Å². The SMILES string of the molecule is CCCCCC[Si](C)(C)CN. The van der Waals surface area contributed by atoms with Crippen molar-refractivity contribution in [3.05, 3.63) is 0 Å². The van der Waals surface area contributed by atoms with Crippen molar-refractivity contribution in [1.29, 1.82) is 0 Å². The van der Waals surface area contributed by atoms with Gasteiger partial charge < -0.3 is 5.73 Å². The van der Waals surface area contributed by atoms with Crippen molar-refractivity contribution < 1.29 is 0 Å². The second kappa shape index (κ2) is 5.78. The molecule has 2 N–H and O–H groups in total. The average molecular weight is 173 g/mol. The summed E-state index contributed by atoms with van der Waals surface area (Å²) in [6.45, 7) is 7.03. The van der Waals surface area contributed by atoms with Crippen molar-refractivity contribution in [3.63, 3.8) is 0 Å². The predicted octanol–water partition coefficient (Wildman–Crippen LogP) is 2.77. The van der Waals surface area contributed by atoms with Gasteiger partial charge in [0.25, 0.3) is 0 Å². The molecule has 0 aromatic heterocycles. The lowest BCUT2D eigenvalue weighted by Gasteiger charge is -2.19. The summed E-state index contributed by atoms with van der Waals surface area (Å²) in [5, 5.41) is 0. The van der Waals surface area contributed by atoms with Crippen molar-refractivity contribution in [2.24, 2.45) is 5.73 Å². The Labute approximate surface area is 72.4 Å². The van der Waals surface area contributed by atoms with Crippen LogP contribution < -0.4 is 5.73 Å². The van der Waals surface area contributed by atoms with E-state index < -0.39 is 8.07 Å². The Morgan fingerprint density at radius 2 is 1.73 bits per heavy atom. The Bertz CT molecular complexity index is 91.6. The average Bonchev–Trinajstić information content (AvgIpc) is 1.99. The molecule has 11 heavy (non-hydrogen) atoms. The molecule has 0 heterocycles. The van der Waals surface area contributed by atoms with Gasteiger partial charge in [-0.1, -0.05) is 51.7 Å². The highest BCUT2D eigenvalue weighted by Crippen LogP contribution is 2.13. The summed E-state index contributed by atoms with van der Waals surface area (Å²) in [5.74, 6) is 0. The molecule has 0 atom stereocenters. The van der Waals surface area contributed by atoms with Crippen LogP contribution in [-0.4, -0.2) is 14.2 Å². The minimum absolute atomic E-state index is 0.949. The lowest BCUT2D eigenvalue weighted by molar-refractivity contribution is 0.696. The summed E-state index contributed by atoms with van der Waals surface area (Å²) in [4.78, 5) is 0. The lowest BCUT2D eigenvalue weighted by atomic mass is 10.2. The summed E-state index contributed by atoms with van der Waals surface area (Å²) < 4.78 is 0. The highest BCUT2D eigenvalue weighted by Gasteiger charge is 2.16. The standard InChI is InChI=1S/C9H23NSi/c1-4-5-6-7-8-11(2,3)9-10/h4-10H2,1-3H3. The third-order valence-corrected chi connectivity index (χ3v) is 5.07. The van der Waals surface area contributed by atoms with Crippen molar-refractivity contribution >= 4 is 8.07 Å². The molecular weight excluding hydrogens is 150 g/mol. The van der Waals surface area contributed by atoms with E-state index in [2.05, 4.69) is 20.0 Å². The van der Waals surface area contributed by atoms with Crippen LogP contribution in [0.15, 0.2) is 0 Å². The van der Waals surface area contributed by atoms with E-state index in [-0.39, 0.29) is 0 Å². The van der Waals surface area contributed by atoms with Gasteiger partial charge in [0, 0.05) is 0 Å². The first-order valence-electron chi connectivity index (χ1n) is 4.82. The highest BCUT2D eigenvalue weighted by molar-refractivity contribution is 6.77. The molecule has 0 saturated carbocycles. The first-order valence-corrected chi connectivity index (χ1v) is 8.24. The molecular formula is C9H23NSi. The fourth-order valence-electron chi connectivity index (χ4n) is 1.13. The van der Waals surface area contributed by atoms with Gasteiger partial charge in [-0.25, -0.2) is 0 Å². The quantitative estimate of drug-likeness (QED) is 0.485. The summed E-state index contributed by atoms with van der Waals surface area (Å²) >= 11 is 0. The summed E-state index contributed by atoms with van der Waals surface area (Å²) in [6, 6.07) is 1.42. The summed E-state index contributed by atoms with van der Waals surface area (Å²) in [7, 11) is -0.949. The van der Waals surface area contributed by atoms with Crippen LogP contribution in [0, 0.1) is 0 Å². The molecule has 2 heteroatoms. The largest absolute Gasteiger partial charge is 0.333 e. The first-order chi connectivity index (χ1) is 5.12. The van der Waals surface area contributed by atoms with E-state index in [1.807, 2.05) is 0 Å². The second-order valence-electron chi connectivity index (χ2n) is 4.18. The second-order valence-corrected chi connectivity index (χ2v) is 9.42. The summed E-state index contributed by atoms with van der Waals surface area (Å²) in [5.41, 5.74) is 5.68. The molecule has 0 saturated heterocycles. The Morgan fingerprint density at radius 1 is 1.09 bits per heavy atom. The lowest BCUT2D eigenvalue weighted by Crippen LogP contribution is -2.35. The van der Waals surface area contributed by atoms with Gasteiger partial charge >= 0.3 is 0 Å². The van der Waals surface area contributed by atoms with Crippen molar-refractivity contribution in [2.45, 2.75) is 51.7 Å². The van der Waals surface area contributed by atoms with Crippen LogP contribution in [0.5, 0.6) is 0 Å². The molecule has 0 spiro atoms. The van der Waals surface area contributed by atoms with Gasteiger partial charge in [0.1, 0.15) is 0 Å². The van der Waals surface area contributed by atoms with E-state index in [1.165, 1.54) is 31.7 Å². The number of hydrogen-bond acceptors (Lipinski definition) is 1. The maximum absolute atomic E-state index is 5.68. The normalized spacial score (nSPS) is 12.0. The first kappa shape index (κ1) is 11.2. The molecule has 0 aromatic carbocycles. The smallest absolute Gasteiger partial charge is 0.0623 e. The Morgan fingerprint density at radius 3 is 2.18 bits per heavy atom. The van der Waals surface area contributed by atoms with E-state index >= 15 is 0 Å². The fourth-order valence-corrected chi connectivity index (χ4v) is 2.54. The van der Waals surface area contributed by atoms with Gasteiger partial charge in [0.2, 0.25) is 0 Å². The van der Waals surface area contributed by atoms with Gasteiger partial charge in [-0.15, -0.1) is 0 Å². The van der Waals surface area contributed by atoms with Crippen LogP contribution in [0.25, 0.3) is 0 Å². The molecule has 0 aromatic rings. The maximum Gasteiger partial charge on any atom is 0.0623 e. The minimum Gasteiger partial charge on any atom is -0.333 e. The van der Waals surface area contributed by atoms with Crippen LogP contribution in [0.1, 0.15) is 32.6 Å². The number of rotatable bonds is 6. The molecule has 0 unspecified atom stereocenters. The molecule has 0 aliphatic heterocycles. The molecule has 0 aliphatic rings. The predicted molar refractivity (Wildman–Crippen MR) is 55.5 cm³/mol. The molecule has 0 bridgehead atoms. The van der Waals surface area contributed by atoms with Crippen LogP contribution in [-0.2, 0) is 0 Å². The van der Waals surface area contributed by atoms with Crippen molar-refractivity contribution in [1.82, 2.24) is 0 Å². The van der Waals surface area contributed by atoms with Gasteiger partial charge in [-0.2, -0.15) is 0 Å². The number of unbranched alkanes of at least 4 members (excludes halogenated alkanes) is 3. The Kier molecular flexibility index (Phi) is 5.87. The Hall–Kier alpha value is 0.177. The van der Waals surface area contributed by atoms with Crippen LogP contribution >= 0.6 is 0 Å². The molecule has 0 fully saturated rings. The Balaban J connectivity index is 3.23. The van der Waals surface area contributed by atoms with E-state index in [0.29, 0.717) is 0 Å². The zero-order valence-corrected chi connectivity index (χ0v) is 9.32. The highest BCUT2D eigenvalue weighted by atomic mass is 28.3. The minimum atomic E-state index is -0.949. The zero-order valence-electron chi connectivity index (χ0n) is 8.32. The number of hydrogen-bond donors (Lipinski definition) is 1. The van der Waals surface area contributed by atoms with Crippen LogP contribution in [0.4, 0.5) is 0 Å². The molecule has 68 valence electrons. The molecule has 0 aliphatic carbocycles. The maximum atomic E-state index is 5.68. The van der Waals surface area contributed by atoms with Gasteiger partial charge in [-0.3, -0.25) is 0 Å². The van der Waals surface area contributed by atoms with Gasteiger partial charge in [-0.05, 0) is 6.17 Å². The van der Waals surface area contributed by atoms with Crippen molar-refractivity contribution in [3.8, 4) is 0 Å². The van der Waals surface area contributed by atoms with Crippen LogP contribution in [0.3, 0.4) is 0 Å². The van der Waals surface area contributed by atoms with Crippen LogP contribution in [0.2, 0.25) is 19.1 Å². The zero-order chi connectivity index (χ0) is 8.74. The third-order valence-electron chi connectivity index (χ3n) is 2.26. The van der Waals surface area contributed by atoms with Gasteiger partial charge in [0.15, 0.2) is 0 Å². The van der Waals surface area contributed by atoms with Gasteiger partial charge in [0.05, 0.1) is 8.07 Å². The third kappa shape index (κ3) is 6.57. The molecule has 0 radical (unpaired) electrons. The molecule has 1 nitrogen and oxygen atoms in total. The van der Waals surface area contributed by atoms with E-state index in [1.54, 1.807) is 0 Å². The fraction of sp³-hybridized carbons (Fsp3) is 1.00. The molecule has 0 amide bonds. The monoisotopic (exact) mass is 173 g/mol. The topological polar surface area (TPSA) is 26.0 Å². The van der Waals surface area contributed by atoms with Crippen molar-refractivity contribution in [2.75, 3.05) is 6.17 Å².